The lowest BCUT2D eigenvalue weighted by Gasteiger charge is -2.02. The molecule has 0 aromatic carbocycles. The molecule has 1 aromatic rings. The number of nitrogens with one attached hydrogen (secondary N) is 1. The van der Waals surface area contributed by atoms with Gasteiger partial charge in [0.15, 0.2) is 0 Å². The van der Waals surface area contributed by atoms with Gasteiger partial charge in [0.05, 0.1) is 6.61 Å². The zero-order valence-corrected chi connectivity index (χ0v) is 9.28. The first kappa shape index (κ1) is 12.7. The van der Waals surface area contributed by atoms with E-state index in [4.69, 9.17) is 5.11 Å². The van der Waals surface area contributed by atoms with Gasteiger partial charge in [-0.1, -0.05) is 0 Å². The van der Waals surface area contributed by atoms with Crippen LogP contribution >= 0.6 is 0 Å². The predicted octanol–water partition coefficient (Wildman–Crippen LogP) is -0.0975. The van der Waals surface area contributed by atoms with E-state index in [1.165, 1.54) is 7.11 Å². The lowest BCUT2D eigenvalue weighted by Crippen LogP contribution is -2.26. The van der Waals surface area contributed by atoms with Crippen LogP contribution in [0.25, 0.3) is 0 Å². The summed E-state index contributed by atoms with van der Waals surface area (Å²) < 4.78 is 34.5. The monoisotopic (exact) mass is 249 g/mol. The van der Waals surface area contributed by atoms with Crippen LogP contribution in [0.4, 0.5) is 0 Å². The second kappa shape index (κ2) is 5.10. The third kappa shape index (κ3) is 3.05. The second-order valence-electron chi connectivity index (χ2n) is 2.81. The van der Waals surface area contributed by atoms with E-state index in [1.807, 2.05) is 0 Å². The quantitative estimate of drug-likeness (QED) is 0.682. The SMILES string of the molecule is COCCNS(=O)(=O)c1ccc(C(=O)O)o1. The van der Waals surface area contributed by atoms with Gasteiger partial charge in [0, 0.05) is 13.7 Å². The molecule has 0 saturated heterocycles. The minimum atomic E-state index is -3.81. The molecule has 1 heterocycles. The first-order chi connectivity index (χ1) is 7.47. The summed E-state index contributed by atoms with van der Waals surface area (Å²) in [6, 6.07) is 2.16. The molecule has 0 amide bonds. The Morgan fingerprint density at radius 3 is 2.75 bits per heavy atom. The minimum absolute atomic E-state index is 0.0853. The van der Waals surface area contributed by atoms with E-state index < -0.39 is 26.8 Å². The molecule has 0 atom stereocenters. The Morgan fingerprint density at radius 1 is 1.56 bits per heavy atom. The lowest BCUT2D eigenvalue weighted by molar-refractivity contribution is 0.0656. The summed E-state index contributed by atoms with van der Waals surface area (Å²) in [4.78, 5) is 10.5. The van der Waals surface area contributed by atoms with Gasteiger partial charge in [-0.3, -0.25) is 0 Å². The number of aromatic carboxylic acids is 1. The van der Waals surface area contributed by atoms with Crippen LogP contribution in [0.1, 0.15) is 10.6 Å². The molecular weight excluding hydrogens is 238 g/mol. The van der Waals surface area contributed by atoms with Gasteiger partial charge >= 0.3 is 5.97 Å². The lowest BCUT2D eigenvalue weighted by atomic mass is 10.5. The van der Waals surface area contributed by atoms with Gasteiger partial charge in [0.2, 0.25) is 10.9 Å². The Bertz CT molecular complexity index is 463. The van der Waals surface area contributed by atoms with Crippen molar-refractivity contribution in [3.05, 3.63) is 17.9 Å². The molecule has 0 saturated carbocycles. The first-order valence-corrected chi connectivity index (χ1v) is 5.77. The van der Waals surface area contributed by atoms with Crippen molar-refractivity contribution in [1.29, 1.82) is 0 Å². The average Bonchev–Trinajstić information content (AvgIpc) is 2.67. The summed E-state index contributed by atoms with van der Waals surface area (Å²) in [6.45, 7) is 0.299. The molecule has 90 valence electrons. The van der Waals surface area contributed by atoms with E-state index in [0.29, 0.717) is 0 Å². The molecule has 0 bridgehead atoms. The summed E-state index contributed by atoms with van der Waals surface area (Å²) in [7, 11) is -2.37. The third-order valence-electron chi connectivity index (χ3n) is 1.66. The second-order valence-corrected chi connectivity index (χ2v) is 4.51. The van der Waals surface area contributed by atoms with Crippen LogP contribution in [0.15, 0.2) is 21.6 Å². The van der Waals surface area contributed by atoms with Gasteiger partial charge < -0.3 is 14.3 Å². The Kier molecular flexibility index (Phi) is 4.05. The number of hydrogen-bond acceptors (Lipinski definition) is 5. The van der Waals surface area contributed by atoms with E-state index in [2.05, 4.69) is 13.9 Å². The van der Waals surface area contributed by atoms with Gasteiger partial charge in [0.25, 0.3) is 10.0 Å². The molecule has 0 fully saturated rings. The molecule has 7 nitrogen and oxygen atoms in total. The fourth-order valence-electron chi connectivity index (χ4n) is 0.929. The standard InChI is InChI=1S/C8H11NO6S/c1-14-5-4-9-16(12,13)7-3-2-6(15-7)8(10)11/h2-3,9H,4-5H2,1H3,(H,10,11). The summed E-state index contributed by atoms with van der Waals surface area (Å²) in [5.74, 6) is -1.74. The van der Waals surface area contributed by atoms with Crippen molar-refractivity contribution < 1.29 is 27.5 Å². The van der Waals surface area contributed by atoms with Crippen LogP contribution in [-0.2, 0) is 14.8 Å². The molecule has 0 aliphatic heterocycles. The minimum Gasteiger partial charge on any atom is -0.475 e. The molecule has 0 aliphatic carbocycles. The average molecular weight is 249 g/mol. The highest BCUT2D eigenvalue weighted by Crippen LogP contribution is 2.13. The number of carbonyl (C=O) groups is 1. The Balaban J connectivity index is 2.78. The summed E-state index contributed by atoms with van der Waals surface area (Å²) in [5, 5.41) is 8.12. The predicted molar refractivity (Wildman–Crippen MR) is 52.7 cm³/mol. The van der Waals surface area contributed by atoms with Gasteiger partial charge in [0.1, 0.15) is 0 Å². The normalized spacial score (nSPS) is 11.6. The topological polar surface area (TPSA) is 106 Å². The largest absolute Gasteiger partial charge is 0.475 e. The van der Waals surface area contributed by atoms with E-state index in [-0.39, 0.29) is 13.2 Å². The maximum absolute atomic E-state index is 11.5. The summed E-state index contributed by atoms with van der Waals surface area (Å²) >= 11 is 0. The molecule has 0 aliphatic rings. The van der Waals surface area contributed by atoms with Crippen LogP contribution in [0, 0.1) is 0 Å². The zero-order chi connectivity index (χ0) is 12.2. The van der Waals surface area contributed by atoms with Crippen molar-refractivity contribution in [3.8, 4) is 0 Å². The van der Waals surface area contributed by atoms with Crippen molar-refractivity contribution in [1.82, 2.24) is 4.72 Å². The van der Waals surface area contributed by atoms with Crippen molar-refractivity contribution in [2.24, 2.45) is 0 Å². The molecule has 1 aromatic heterocycles. The van der Waals surface area contributed by atoms with Gasteiger partial charge in [-0.15, -0.1) is 0 Å². The molecule has 0 unspecified atom stereocenters. The van der Waals surface area contributed by atoms with Crippen molar-refractivity contribution in [2.75, 3.05) is 20.3 Å². The smallest absolute Gasteiger partial charge is 0.371 e. The van der Waals surface area contributed by atoms with Crippen LogP contribution < -0.4 is 4.72 Å². The Labute approximate surface area is 92.1 Å². The molecule has 0 radical (unpaired) electrons. The molecule has 0 spiro atoms. The molecule has 1 rings (SSSR count). The first-order valence-electron chi connectivity index (χ1n) is 4.29. The van der Waals surface area contributed by atoms with Crippen molar-refractivity contribution in [3.63, 3.8) is 0 Å². The maximum atomic E-state index is 11.5. The summed E-state index contributed by atoms with van der Waals surface area (Å²) in [5.41, 5.74) is 0. The molecule has 16 heavy (non-hydrogen) atoms. The van der Waals surface area contributed by atoms with E-state index in [9.17, 15) is 13.2 Å². The van der Waals surface area contributed by atoms with Crippen LogP contribution in [0.5, 0.6) is 0 Å². The van der Waals surface area contributed by atoms with Crippen LogP contribution in [0.3, 0.4) is 0 Å². The van der Waals surface area contributed by atoms with E-state index in [1.54, 1.807) is 0 Å². The number of ether oxygens (including phenoxy) is 1. The maximum Gasteiger partial charge on any atom is 0.371 e. The van der Waals surface area contributed by atoms with Crippen LogP contribution in [-0.4, -0.2) is 39.8 Å². The number of rotatable bonds is 6. The highest BCUT2D eigenvalue weighted by Gasteiger charge is 2.20. The molecule has 8 heteroatoms. The Hall–Kier alpha value is -1.38. The fraction of sp³-hybridized carbons (Fsp3) is 0.375. The van der Waals surface area contributed by atoms with Gasteiger partial charge in [-0.2, -0.15) is 0 Å². The number of sulfonamides is 1. The third-order valence-corrected chi connectivity index (χ3v) is 2.99. The van der Waals surface area contributed by atoms with Crippen molar-refractivity contribution >= 4 is 16.0 Å². The van der Waals surface area contributed by atoms with Crippen LogP contribution in [0.2, 0.25) is 0 Å². The molecule has 2 N–H and O–H groups in total. The number of methoxy groups -OCH3 is 1. The number of carboxylic acid groups (broad SMARTS) is 1. The fourth-order valence-corrected chi connectivity index (χ4v) is 1.87. The van der Waals surface area contributed by atoms with E-state index >= 15 is 0 Å². The zero-order valence-electron chi connectivity index (χ0n) is 8.47. The van der Waals surface area contributed by atoms with Gasteiger partial charge in [-0.25, -0.2) is 17.9 Å². The summed E-state index contributed by atoms with van der Waals surface area (Å²) in [6.07, 6.45) is 0. The number of furan rings is 1. The highest BCUT2D eigenvalue weighted by molar-refractivity contribution is 7.89. The molecular formula is C8H11NO6S. The highest BCUT2D eigenvalue weighted by atomic mass is 32.2. The van der Waals surface area contributed by atoms with Crippen molar-refractivity contribution in [2.45, 2.75) is 5.09 Å². The van der Waals surface area contributed by atoms with E-state index in [0.717, 1.165) is 12.1 Å². The number of carboxylic acids is 1. The van der Waals surface area contributed by atoms with Gasteiger partial charge in [-0.05, 0) is 12.1 Å². The Morgan fingerprint density at radius 2 is 2.25 bits per heavy atom. The number of hydrogen-bond donors (Lipinski definition) is 2.